The molecule has 1 aliphatic rings. The Hall–Kier alpha value is -2.95. The van der Waals surface area contributed by atoms with E-state index in [0.717, 1.165) is 42.5 Å². The van der Waals surface area contributed by atoms with Gasteiger partial charge in [0.15, 0.2) is 0 Å². The second-order valence-electron chi connectivity index (χ2n) is 7.01. The van der Waals surface area contributed by atoms with Crippen LogP contribution in [0.3, 0.4) is 0 Å². The van der Waals surface area contributed by atoms with Gasteiger partial charge in [-0.1, -0.05) is 26.0 Å². The van der Waals surface area contributed by atoms with Crippen LogP contribution in [-0.4, -0.2) is 29.1 Å². The first-order chi connectivity index (χ1) is 14.0. The maximum absolute atomic E-state index is 13.4. The summed E-state index contributed by atoms with van der Waals surface area (Å²) >= 11 is 0. The minimum absolute atomic E-state index is 0.171. The Morgan fingerprint density at radius 2 is 1.69 bits per heavy atom. The molecule has 0 amide bonds. The molecule has 3 aromatic rings. The minimum atomic E-state index is -1.02. The average Bonchev–Trinajstić information content (AvgIpc) is 2.75. The largest absolute Gasteiger partial charge is 0.478 e. The summed E-state index contributed by atoms with van der Waals surface area (Å²) in [5.74, 6) is -1.37. The van der Waals surface area contributed by atoms with E-state index in [0.29, 0.717) is 16.8 Å². The van der Waals surface area contributed by atoms with Crippen molar-refractivity contribution in [3.63, 3.8) is 0 Å². The van der Waals surface area contributed by atoms with Crippen LogP contribution >= 0.6 is 0 Å². The summed E-state index contributed by atoms with van der Waals surface area (Å²) in [5.41, 5.74) is 3.74. The maximum atomic E-state index is 13.4. The number of benzene rings is 2. The SMILES string of the molecule is CC.Cc1nc2ccc(N3CCCCC3)cc2c(-c2ccc(F)cc2)c1C(=O)O. The number of nitrogens with zero attached hydrogens (tertiary/aromatic N) is 2. The quantitative estimate of drug-likeness (QED) is 0.586. The van der Waals surface area contributed by atoms with Crippen LogP contribution in [0.25, 0.3) is 22.0 Å². The summed E-state index contributed by atoms with van der Waals surface area (Å²) in [6.07, 6.45) is 3.57. The summed E-state index contributed by atoms with van der Waals surface area (Å²) in [5, 5.41) is 10.6. The molecular weight excluding hydrogens is 367 g/mol. The van der Waals surface area contributed by atoms with Gasteiger partial charge in [0.2, 0.25) is 0 Å². The van der Waals surface area contributed by atoms with Gasteiger partial charge in [0.05, 0.1) is 16.8 Å². The van der Waals surface area contributed by atoms with Crippen molar-refractivity contribution in [2.75, 3.05) is 18.0 Å². The summed E-state index contributed by atoms with van der Waals surface area (Å²) in [6.45, 7) is 7.71. The molecular formula is C24H27FN2O2. The van der Waals surface area contributed by atoms with Crippen molar-refractivity contribution in [2.24, 2.45) is 0 Å². The number of carboxylic acid groups (broad SMARTS) is 1. The van der Waals surface area contributed by atoms with Crippen molar-refractivity contribution in [2.45, 2.75) is 40.0 Å². The van der Waals surface area contributed by atoms with Gasteiger partial charge < -0.3 is 10.0 Å². The van der Waals surface area contributed by atoms with Crippen LogP contribution < -0.4 is 4.90 Å². The normalized spacial score (nSPS) is 13.7. The smallest absolute Gasteiger partial charge is 0.338 e. The first-order valence-electron chi connectivity index (χ1n) is 10.2. The van der Waals surface area contributed by atoms with E-state index >= 15 is 0 Å². The van der Waals surface area contributed by atoms with E-state index in [-0.39, 0.29) is 11.4 Å². The number of rotatable bonds is 3. The second kappa shape index (κ2) is 9.03. The van der Waals surface area contributed by atoms with E-state index in [1.807, 2.05) is 26.0 Å². The Morgan fingerprint density at radius 1 is 1.03 bits per heavy atom. The van der Waals surface area contributed by atoms with Crippen molar-refractivity contribution >= 4 is 22.6 Å². The van der Waals surface area contributed by atoms with Gasteiger partial charge in [0.25, 0.3) is 0 Å². The third kappa shape index (κ3) is 4.24. The number of pyridine rings is 1. The van der Waals surface area contributed by atoms with Gasteiger partial charge in [-0.05, 0) is 62.1 Å². The Labute approximate surface area is 171 Å². The number of anilines is 1. The molecule has 29 heavy (non-hydrogen) atoms. The van der Waals surface area contributed by atoms with E-state index in [2.05, 4.69) is 16.0 Å². The molecule has 1 aromatic heterocycles. The lowest BCUT2D eigenvalue weighted by Crippen LogP contribution is -2.29. The standard InChI is InChI=1S/C22H21FN2O2.C2H6/c1-14-20(22(26)27)21(15-5-7-16(23)8-6-15)18-13-17(9-10-19(18)24-14)25-11-3-2-4-12-25;1-2/h5-10,13H,2-4,11-12H2,1H3,(H,26,27);1-2H3. The summed E-state index contributed by atoms with van der Waals surface area (Å²) < 4.78 is 13.4. The number of carbonyl (C=O) groups is 1. The fraction of sp³-hybridized carbons (Fsp3) is 0.333. The van der Waals surface area contributed by atoms with Gasteiger partial charge in [-0.15, -0.1) is 0 Å². The first-order valence-corrected chi connectivity index (χ1v) is 10.2. The van der Waals surface area contributed by atoms with Gasteiger partial charge in [0, 0.05) is 29.7 Å². The molecule has 5 heteroatoms. The molecule has 0 bridgehead atoms. The van der Waals surface area contributed by atoms with Crippen LogP contribution in [0.1, 0.15) is 49.2 Å². The Bertz CT molecular complexity index is 1010. The summed E-state index contributed by atoms with van der Waals surface area (Å²) in [7, 11) is 0. The van der Waals surface area contributed by atoms with Crippen LogP contribution in [0.4, 0.5) is 10.1 Å². The zero-order valence-corrected chi connectivity index (χ0v) is 17.2. The Kier molecular flexibility index (Phi) is 6.47. The number of halogens is 1. The summed E-state index contributed by atoms with van der Waals surface area (Å²) in [4.78, 5) is 18.8. The van der Waals surface area contributed by atoms with Crippen molar-refractivity contribution in [3.8, 4) is 11.1 Å². The molecule has 0 saturated carbocycles. The van der Waals surface area contributed by atoms with E-state index in [1.54, 1.807) is 19.1 Å². The number of hydrogen-bond donors (Lipinski definition) is 1. The third-order valence-corrected chi connectivity index (χ3v) is 5.22. The lowest BCUT2D eigenvalue weighted by Gasteiger charge is -2.29. The average molecular weight is 394 g/mol. The predicted molar refractivity (Wildman–Crippen MR) is 116 cm³/mol. The molecule has 2 heterocycles. The number of hydrogen-bond acceptors (Lipinski definition) is 3. The Balaban J connectivity index is 0.00000117. The van der Waals surface area contributed by atoms with Gasteiger partial charge in [-0.3, -0.25) is 4.98 Å². The number of aryl methyl sites for hydroxylation is 1. The second-order valence-corrected chi connectivity index (χ2v) is 7.01. The zero-order chi connectivity index (χ0) is 21.0. The molecule has 2 aromatic carbocycles. The molecule has 4 rings (SSSR count). The van der Waals surface area contributed by atoms with Crippen LogP contribution in [0.5, 0.6) is 0 Å². The van der Waals surface area contributed by atoms with Crippen LogP contribution in [0, 0.1) is 12.7 Å². The molecule has 4 nitrogen and oxygen atoms in total. The lowest BCUT2D eigenvalue weighted by molar-refractivity contribution is 0.0696. The van der Waals surface area contributed by atoms with Crippen molar-refractivity contribution in [1.29, 1.82) is 0 Å². The number of fused-ring (bicyclic) bond motifs is 1. The van der Waals surface area contributed by atoms with Crippen LogP contribution in [0.2, 0.25) is 0 Å². The van der Waals surface area contributed by atoms with Gasteiger partial charge >= 0.3 is 5.97 Å². The highest BCUT2D eigenvalue weighted by Crippen LogP contribution is 2.35. The van der Waals surface area contributed by atoms with E-state index in [9.17, 15) is 14.3 Å². The molecule has 0 aliphatic carbocycles. The van der Waals surface area contributed by atoms with E-state index in [4.69, 9.17) is 0 Å². The van der Waals surface area contributed by atoms with Gasteiger partial charge in [-0.2, -0.15) is 0 Å². The summed E-state index contributed by atoms with van der Waals surface area (Å²) in [6, 6.07) is 12.0. The van der Waals surface area contributed by atoms with Crippen molar-refractivity contribution < 1.29 is 14.3 Å². The number of aromatic nitrogens is 1. The fourth-order valence-electron chi connectivity index (χ4n) is 3.90. The van der Waals surface area contributed by atoms with Crippen molar-refractivity contribution in [3.05, 3.63) is 59.5 Å². The molecule has 0 unspecified atom stereocenters. The number of aromatic carboxylic acids is 1. The topological polar surface area (TPSA) is 53.4 Å². The fourth-order valence-corrected chi connectivity index (χ4v) is 3.90. The lowest BCUT2D eigenvalue weighted by atomic mass is 9.94. The zero-order valence-electron chi connectivity index (χ0n) is 17.2. The molecule has 1 aliphatic heterocycles. The first kappa shape index (κ1) is 20.8. The monoisotopic (exact) mass is 394 g/mol. The molecule has 1 fully saturated rings. The van der Waals surface area contributed by atoms with E-state index < -0.39 is 5.97 Å². The Morgan fingerprint density at radius 3 is 2.31 bits per heavy atom. The maximum Gasteiger partial charge on any atom is 0.338 e. The highest BCUT2D eigenvalue weighted by atomic mass is 19.1. The van der Waals surface area contributed by atoms with Gasteiger partial charge in [0.1, 0.15) is 5.82 Å². The molecule has 0 atom stereocenters. The van der Waals surface area contributed by atoms with Crippen molar-refractivity contribution in [1.82, 2.24) is 4.98 Å². The molecule has 152 valence electrons. The minimum Gasteiger partial charge on any atom is -0.478 e. The van der Waals surface area contributed by atoms with Crippen LogP contribution in [-0.2, 0) is 0 Å². The molecule has 0 radical (unpaired) electrons. The molecule has 0 spiro atoms. The number of piperidine rings is 1. The molecule has 1 saturated heterocycles. The third-order valence-electron chi connectivity index (χ3n) is 5.22. The highest BCUT2D eigenvalue weighted by Gasteiger charge is 2.21. The van der Waals surface area contributed by atoms with Crippen LogP contribution in [0.15, 0.2) is 42.5 Å². The molecule has 1 N–H and O–H groups in total. The van der Waals surface area contributed by atoms with Gasteiger partial charge in [-0.25, -0.2) is 9.18 Å². The van der Waals surface area contributed by atoms with E-state index in [1.165, 1.54) is 18.6 Å². The highest BCUT2D eigenvalue weighted by molar-refractivity contribution is 6.08. The predicted octanol–water partition coefficient (Wildman–Crippen LogP) is 6.06. The number of carboxylic acids is 1.